The Morgan fingerprint density at radius 3 is 2.20 bits per heavy atom. The normalized spacial score (nSPS) is 11.8. The predicted molar refractivity (Wildman–Crippen MR) is 88.7 cm³/mol. The van der Waals surface area contributed by atoms with Gasteiger partial charge in [-0.25, -0.2) is 4.99 Å². The van der Waals surface area contributed by atoms with E-state index in [0.717, 1.165) is 5.56 Å². The highest BCUT2D eigenvalue weighted by Crippen LogP contribution is 2.32. The van der Waals surface area contributed by atoms with E-state index in [0.29, 0.717) is 0 Å². The van der Waals surface area contributed by atoms with Crippen LogP contribution in [0, 0.1) is 27.7 Å². The van der Waals surface area contributed by atoms with Crippen LogP contribution >= 0.6 is 12.2 Å². The largest absolute Gasteiger partial charge is 0.219 e. The average Bonchev–Trinajstić information content (AvgIpc) is 2.47. The van der Waals surface area contributed by atoms with Gasteiger partial charge in [-0.15, -0.1) is 0 Å². The summed E-state index contributed by atoms with van der Waals surface area (Å²) in [5.41, 5.74) is 7.63. The van der Waals surface area contributed by atoms with Gasteiger partial charge in [-0.2, -0.15) is 0 Å². The van der Waals surface area contributed by atoms with Gasteiger partial charge in [0.1, 0.15) is 6.04 Å². The molecule has 0 aliphatic rings. The van der Waals surface area contributed by atoms with Crippen LogP contribution < -0.4 is 0 Å². The van der Waals surface area contributed by atoms with Crippen LogP contribution in [0.1, 0.15) is 39.4 Å². The molecule has 2 aromatic rings. The molecule has 0 aliphatic carbocycles. The molecule has 102 valence electrons. The molecule has 2 rings (SSSR count). The van der Waals surface area contributed by atoms with Gasteiger partial charge in [0.15, 0.2) is 0 Å². The number of thiocarbonyl (C=S) groups is 1. The molecule has 0 radical (unpaired) electrons. The average molecular weight is 281 g/mol. The highest BCUT2D eigenvalue weighted by atomic mass is 32.1. The fourth-order valence-electron chi connectivity index (χ4n) is 2.54. The predicted octanol–water partition coefficient (Wildman–Crippen LogP) is 5.11. The summed E-state index contributed by atoms with van der Waals surface area (Å²) < 4.78 is 0. The van der Waals surface area contributed by atoms with Crippen molar-refractivity contribution in [1.29, 1.82) is 0 Å². The first-order valence-corrected chi connectivity index (χ1v) is 7.16. The Morgan fingerprint density at radius 2 is 1.60 bits per heavy atom. The SMILES string of the molecule is Cc1cc(C(N=C=S)c2ccccc2)c(C)c(C)c1C. The fraction of sp³-hybridized carbons (Fsp3) is 0.278. The Balaban J connectivity index is 2.65. The highest BCUT2D eigenvalue weighted by molar-refractivity contribution is 7.78. The van der Waals surface area contributed by atoms with E-state index in [1.807, 2.05) is 18.2 Å². The van der Waals surface area contributed by atoms with E-state index in [1.54, 1.807) is 0 Å². The molecule has 0 saturated carbocycles. The quantitative estimate of drug-likeness (QED) is 0.562. The Labute approximate surface area is 126 Å². The lowest BCUT2D eigenvalue weighted by Crippen LogP contribution is -2.04. The standard InChI is InChI=1S/C18H19NS/c1-12-10-17(15(4)14(3)13(12)2)18(19-11-20)16-8-6-5-7-9-16/h5-10,18H,1-4H3. The third kappa shape index (κ3) is 2.72. The first-order valence-electron chi connectivity index (χ1n) is 6.75. The topological polar surface area (TPSA) is 12.4 Å². The van der Waals surface area contributed by atoms with E-state index in [9.17, 15) is 0 Å². The number of nitrogens with zero attached hydrogens (tertiary/aromatic N) is 1. The first-order chi connectivity index (χ1) is 9.56. The number of benzene rings is 2. The molecule has 1 nitrogen and oxygen atoms in total. The number of aliphatic imine (C=N–C) groups is 1. The molecular formula is C18H19NS. The highest BCUT2D eigenvalue weighted by Gasteiger charge is 2.17. The molecule has 0 amide bonds. The van der Waals surface area contributed by atoms with E-state index < -0.39 is 0 Å². The molecule has 0 aliphatic heterocycles. The number of isothiocyanates is 1. The number of aryl methyl sites for hydroxylation is 1. The van der Waals surface area contributed by atoms with Crippen molar-refractivity contribution in [3.05, 3.63) is 69.8 Å². The fourth-order valence-corrected chi connectivity index (χ4v) is 2.64. The second-order valence-corrected chi connectivity index (χ2v) is 5.37. The summed E-state index contributed by atoms with van der Waals surface area (Å²) in [7, 11) is 0. The van der Waals surface area contributed by atoms with E-state index in [4.69, 9.17) is 12.2 Å². The Kier molecular flexibility index (Phi) is 4.49. The van der Waals surface area contributed by atoms with E-state index in [2.05, 4.69) is 56.0 Å². The lowest BCUT2D eigenvalue weighted by atomic mass is 9.88. The van der Waals surface area contributed by atoms with Crippen molar-refractivity contribution in [2.24, 2.45) is 4.99 Å². The van der Waals surface area contributed by atoms with Gasteiger partial charge in [0, 0.05) is 0 Å². The lowest BCUT2D eigenvalue weighted by molar-refractivity contribution is 0.864. The second kappa shape index (κ2) is 6.13. The Morgan fingerprint density at radius 1 is 0.950 bits per heavy atom. The van der Waals surface area contributed by atoms with Crippen LogP contribution in [0.5, 0.6) is 0 Å². The molecule has 0 saturated heterocycles. The molecule has 1 unspecified atom stereocenters. The van der Waals surface area contributed by atoms with Gasteiger partial charge in [-0.3, -0.25) is 0 Å². The van der Waals surface area contributed by atoms with Crippen LogP contribution in [0.4, 0.5) is 0 Å². The van der Waals surface area contributed by atoms with Gasteiger partial charge in [-0.1, -0.05) is 36.4 Å². The molecule has 2 aromatic carbocycles. The third-order valence-corrected chi connectivity index (χ3v) is 4.22. The monoisotopic (exact) mass is 281 g/mol. The minimum atomic E-state index is -0.0632. The van der Waals surface area contributed by atoms with Gasteiger partial charge in [0.25, 0.3) is 0 Å². The maximum absolute atomic E-state index is 4.85. The van der Waals surface area contributed by atoms with E-state index >= 15 is 0 Å². The zero-order valence-corrected chi connectivity index (χ0v) is 13.2. The van der Waals surface area contributed by atoms with Crippen molar-refractivity contribution in [2.45, 2.75) is 33.7 Å². The molecule has 0 fully saturated rings. The summed E-state index contributed by atoms with van der Waals surface area (Å²) >= 11 is 4.85. The van der Waals surface area contributed by atoms with Gasteiger partial charge >= 0.3 is 0 Å². The van der Waals surface area contributed by atoms with Crippen molar-refractivity contribution < 1.29 is 0 Å². The van der Waals surface area contributed by atoms with Crippen molar-refractivity contribution in [3.63, 3.8) is 0 Å². The summed E-state index contributed by atoms with van der Waals surface area (Å²) in [6, 6.07) is 12.4. The van der Waals surface area contributed by atoms with Gasteiger partial charge in [0.2, 0.25) is 0 Å². The molecule has 0 bridgehead atoms. The summed E-state index contributed by atoms with van der Waals surface area (Å²) in [5.74, 6) is 0. The minimum Gasteiger partial charge on any atom is -0.219 e. The van der Waals surface area contributed by atoms with Crippen LogP contribution in [-0.4, -0.2) is 5.16 Å². The minimum absolute atomic E-state index is 0.0632. The van der Waals surface area contributed by atoms with Crippen molar-refractivity contribution in [1.82, 2.24) is 0 Å². The maximum Gasteiger partial charge on any atom is 0.110 e. The van der Waals surface area contributed by atoms with Crippen LogP contribution in [-0.2, 0) is 0 Å². The second-order valence-electron chi connectivity index (χ2n) is 5.19. The summed E-state index contributed by atoms with van der Waals surface area (Å²) in [5, 5.41) is 2.55. The van der Waals surface area contributed by atoms with Crippen LogP contribution in [0.25, 0.3) is 0 Å². The Bertz CT molecular complexity index is 668. The molecule has 20 heavy (non-hydrogen) atoms. The molecule has 2 heteroatoms. The van der Waals surface area contributed by atoms with Crippen molar-refractivity contribution in [2.75, 3.05) is 0 Å². The molecule has 0 spiro atoms. The molecule has 1 atom stereocenters. The third-order valence-electron chi connectivity index (χ3n) is 4.11. The van der Waals surface area contributed by atoms with Gasteiger partial charge < -0.3 is 0 Å². The Hall–Kier alpha value is -1.76. The zero-order valence-electron chi connectivity index (χ0n) is 12.4. The van der Waals surface area contributed by atoms with E-state index in [1.165, 1.54) is 27.8 Å². The molecule has 0 N–H and O–H groups in total. The number of hydrogen-bond acceptors (Lipinski definition) is 2. The summed E-state index contributed by atoms with van der Waals surface area (Å²) in [6.45, 7) is 8.65. The molecule has 0 heterocycles. The zero-order chi connectivity index (χ0) is 14.7. The summed E-state index contributed by atoms with van der Waals surface area (Å²) in [4.78, 5) is 4.40. The first kappa shape index (κ1) is 14.6. The maximum atomic E-state index is 4.85. The number of hydrogen-bond donors (Lipinski definition) is 0. The van der Waals surface area contributed by atoms with Crippen molar-refractivity contribution in [3.8, 4) is 0 Å². The lowest BCUT2D eigenvalue weighted by Gasteiger charge is -2.19. The van der Waals surface area contributed by atoms with Gasteiger partial charge in [0.05, 0.1) is 5.16 Å². The van der Waals surface area contributed by atoms with Crippen LogP contribution in [0.15, 0.2) is 41.4 Å². The van der Waals surface area contributed by atoms with Crippen LogP contribution in [0.2, 0.25) is 0 Å². The van der Waals surface area contributed by atoms with E-state index in [-0.39, 0.29) is 6.04 Å². The van der Waals surface area contributed by atoms with Gasteiger partial charge in [-0.05, 0) is 73.3 Å². The molecule has 0 aromatic heterocycles. The van der Waals surface area contributed by atoms with Crippen molar-refractivity contribution >= 4 is 17.4 Å². The number of rotatable bonds is 3. The smallest absolute Gasteiger partial charge is 0.110 e. The summed E-state index contributed by atoms with van der Waals surface area (Å²) in [6.07, 6.45) is 0. The van der Waals surface area contributed by atoms with Crippen LogP contribution in [0.3, 0.4) is 0 Å². The molecular weight excluding hydrogens is 262 g/mol.